The molecule has 1 rings (SSSR count). The molecule has 0 saturated carbocycles. The van der Waals surface area contributed by atoms with Crippen molar-refractivity contribution in [2.24, 2.45) is 0 Å². The summed E-state index contributed by atoms with van der Waals surface area (Å²) < 4.78 is 5.14. The topological polar surface area (TPSA) is 68.3 Å². The lowest BCUT2D eigenvalue weighted by Crippen LogP contribution is -2.47. The summed E-state index contributed by atoms with van der Waals surface area (Å²) in [5, 5.41) is 2.54. The number of ether oxygens (including phenoxy) is 1. The van der Waals surface area contributed by atoms with Crippen LogP contribution in [0.15, 0.2) is 18.3 Å². The highest BCUT2D eigenvalue weighted by Crippen LogP contribution is 2.17. The van der Waals surface area contributed by atoms with Crippen LogP contribution in [0.2, 0.25) is 0 Å². The van der Waals surface area contributed by atoms with Crippen LogP contribution >= 0.6 is 0 Å². The van der Waals surface area contributed by atoms with Crippen molar-refractivity contribution in [2.45, 2.75) is 45.8 Å². The average molecular weight is 264 g/mol. The van der Waals surface area contributed by atoms with Crippen molar-refractivity contribution < 1.29 is 14.3 Å². The number of rotatable bonds is 3. The molecule has 1 atom stereocenters. The van der Waals surface area contributed by atoms with Crippen LogP contribution in [0.5, 0.6) is 0 Å². The fourth-order valence-corrected chi connectivity index (χ4v) is 1.44. The number of alkyl carbamates (subject to hydrolysis) is 1. The van der Waals surface area contributed by atoms with Crippen molar-refractivity contribution in [2.75, 3.05) is 0 Å². The van der Waals surface area contributed by atoms with Crippen molar-refractivity contribution in [1.29, 1.82) is 0 Å². The Morgan fingerprint density at radius 2 is 1.95 bits per heavy atom. The van der Waals surface area contributed by atoms with E-state index >= 15 is 0 Å². The Labute approximate surface area is 113 Å². The van der Waals surface area contributed by atoms with Gasteiger partial charge in [-0.3, -0.25) is 4.98 Å². The SMILES string of the molecule is Cc1ccc(C(C)(C=O)NC(=O)OC(C)(C)C)nc1. The molecule has 0 aliphatic rings. The molecule has 0 fully saturated rings. The standard InChI is InChI=1S/C14H20N2O3/c1-10-6-7-11(15-8-10)14(5,9-17)16-12(18)19-13(2,3)4/h6-9H,1-5H3,(H,16,18). The summed E-state index contributed by atoms with van der Waals surface area (Å²) in [5.74, 6) is 0. The van der Waals surface area contributed by atoms with Gasteiger partial charge < -0.3 is 14.8 Å². The molecule has 0 aliphatic heterocycles. The minimum Gasteiger partial charge on any atom is -0.444 e. The van der Waals surface area contributed by atoms with Gasteiger partial charge in [-0.25, -0.2) is 4.79 Å². The van der Waals surface area contributed by atoms with Gasteiger partial charge in [-0.15, -0.1) is 0 Å². The maximum absolute atomic E-state index is 11.8. The zero-order valence-corrected chi connectivity index (χ0v) is 12.0. The maximum atomic E-state index is 11.8. The number of nitrogens with zero attached hydrogens (tertiary/aromatic N) is 1. The van der Waals surface area contributed by atoms with Crippen LogP contribution in [0.3, 0.4) is 0 Å². The second-order valence-corrected chi connectivity index (χ2v) is 5.67. The highest BCUT2D eigenvalue weighted by Gasteiger charge is 2.31. The third-order valence-electron chi connectivity index (χ3n) is 2.44. The van der Waals surface area contributed by atoms with Crippen LogP contribution < -0.4 is 5.32 Å². The summed E-state index contributed by atoms with van der Waals surface area (Å²) in [7, 11) is 0. The summed E-state index contributed by atoms with van der Waals surface area (Å²) in [6.45, 7) is 8.76. The number of aldehydes is 1. The van der Waals surface area contributed by atoms with E-state index in [2.05, 4.69) is 10.3 Å². The van der Waals surface area contributed by atoms with Crippen LogP contribution in [0.25, 0.3) is 0 Å². The zero-order chi connectivity index (χ0) is 14.7. The number of nitrogens with one attached hydrogen (secondary N) is 1. The molecule has 19 heavy (non-hydrogen) atoms. The number of carbonyl (C=O) groups excluding carboxylic acids is 2. The predicted molar refractivity (Wildman–Crippen MR) is 71.8 cm³/mol. The van der Waals surface area contributed by atoms with E-state index in [1.54, 1.807) is 40.0 Å². The molecule has 1 N–H and O–H groups in total. The molecule has 0 spiro atoms. The van der Waals surface area contributed by atoms with Crippen LogP contribution in [-0.2, 0) is 15.1 Å². The highest BCUT2D eigenvalue weighted by molar-refractivity contribution is 5.77. The molecular formula is C14H20N2O3. The van der Waals surface area contributed by atoms with E-state index in [1.165, 1.54) is 0 Å². The molecule has 1 aromatic rings. The number of carbonyl (C=O) groups is 2. The summed E-state index contributed by atoms with van der Waals surface area (Å²) in [6.07, 6.45) is 1.65. The first-order chi connectivity index (χ1) is 8.66. The monoisotopic (exact) mass is 264 g/mol. The van der Waals surface area contributed by atoms with Crippen molar-refractivity contribution in [1.82, 2.24) is 10.3 Å². The Balaban J connectivity index is 2.89. The minimum absolute atomic E-state index is 0.471. The van der Waals surface area contributed by atoms with Crippen LogP contribution in [0.1, 0.15) is 39.0 Å². The van der Waals surface area contributed by atoms with Crippen molar-refractivity contribution in [3.8, 4) is 0 Å². The second-order valence-electron chi connectivity index (χ2n) is 5.67. The quantitative estimate of drug-likeness (QED) is 0.851. The van der Waals surface area contributed by atoms with Crippen LogP contribution in [-0.4, -0.2) is 23.0 Å². The van der Waals surface area contributed by atoms with Crippen LogP contribution in [0.4, 0.5) is 4.79 Å². The molecular weight excluding hydrogens is 244 g/mol. The Kier molecular flexibility index (Phi) is 4.29. The first kappa shape index (κ1) is 15.1. The number of pyridine rings is 1. The van der Waals surface area contributed by atoms with Gasteiger partial charge in [0.05, 0.1) is 5.69 Å². The number of hydrogen-bond acceptors (Lipinski definition) is 4. The summed E-state index contributed by atoms with van der Waals surface area (Å²) in [6, 6.07) is 3.54. The average Bonchev–Trinajstić information content (AvgIpc) is 2.26. The van der Waals surface area contributed by atoms with Gasteiger partial charge in [0, 0.05) is 6.20 Å². The van der Waals surface area contributed by atoms with E-state index < -0.39 is 17.2 Å². The first-order valence-corrected chi connectivity index (χ1v) is 6.07. The van der Waals surface area contributed by atoms with Gasteiger partial charge in [-0.05, 0) is 46.2 Å². The highest BCUT2D eigenvalue weighted by atomic mass is 16.6. The predicted octanol–water partition coefficient (Wildman–Crippen LogP) is 2.33. The Morgan fingerprint density at radius 1 is 1.32 bits per heavy atom. The summed E-state index contributed by atoms with van der Waals surface area (Å²) in [4.78, 5) is 27.2. The van der Waals surface area contributed by atoms with Gasteiger partial charge in [0.25, 0.3) is 0 Å². The Morgan fingerprint density at radius 3 is 2.37 bits per heavy atom. The Hall–Kier alpha value is -1.91. The lowest BCUT2D eigenvalue weighted by molar-refractivity contribution is -0.113. The van der Waals surface area contributed by atoms with E-state index in [0.29, 0.717) is 12.0 Å². The summed E-state index contributed by atoms with van der Waals surface area (Å²) >= 11 is 0. The van der Waals surface area contributed by atoms with Gasteiger partial charge in [-0.1, -0.05) is 6.07 Å². The molecule has 0 saturated heterocycles. The lowest BCUT2D eigenvalue weighted by atomic mass is 9.99. The molecule has 1 amide bonds. The van der Waals surface area contributed by atoms with Gasteiger partial charge in [0.2, 0.25) is 0 Å². The van der Waals surface area contributed by atoms with Crippen molar-refractivity contribution >= 4 is 12.4 Å². The Bertz CT molecular complexity index is 463. The third-order valence-corrected chi connectivity index (χ3v) is 2.44. The molecule has 0 bridgehead atoms. The van der Waals surface area contributed by atoms with E-state index in [1.807, 2.05) is 13.0 Å². The molecule has 104 valence electrons. The minimum atomic E-state index is -1.20. The molecule has 5 heteroatoms. The third kappa shape index (κ3) is 4.35. The van der Waals surface area contributed by atoms with E-state index in [9.17, 15) is 9.59 Å². The van der Waals surface area contributed by atoms with Crippen molar-refractivity contribution in [3.63, 3.8) is 0 Å². The van der Waals surface area contributed by atoms with E-state index in [0.717, 1.165) is 5.56 Å². The normalized spacial score (nSPS) is 14.4. The van der Waals surface area contributed by atoms with E-state index in [4.69, 9.17) is 4.74 Å². The fourth-order valence-electron chi connectivity index (χ4n) is 1.44. The molecule has 0 aromatic carbocycles. The van der Waals surface area contributed by atoms with Gasteiger partial charge in [0.1, 0.15) is 11.1 Å². The molecule has 0 radical (unpaired) electrons. The van der Waals surface area contributed by atoms with Gasteiger partial charge in [0.15, 0.2) is 6.29 Å². The van der Waals surface area contributed by atoms with Gasteiger partial charge in [-0.2, -0.15) is 0 Å². The number of aryl methyl sites for hydroxylation is 1. The molecule has 0 aliphatic carbocycles. The maximum Gasteiger partial charge on any atom is 0.408 e. The number of hydrogen-bond donors (Lipinski definition) is 1. The second kappa shape index (κ2) is 5.38. The van der Waals surface area contributed by atoms with E-state index in [-0.39, 0.29) is 0 Å². The number of aromatic nitrogens is 1. The first-order valence-electron chi connectivity index (χ1n) is 6.07. The molecule has 1 unspecified atom stereocenters. The van der Waals surface area contributed by atoms with Crippen molar-refractivity contribution in [3.05, 3.63) is 29.6 Å². The van der Waals surface area contributed by atoms with Crippen LogP contribution in [0, 0.1) is 6.92 Å². The lowest BCUT2D eigenvalue weighted by Gasteiger charge is -2.27. The van der Waals surface area contributed by atoms with Gasteiger partial charge >= 0.3 is 6.09 Å². The molecule has 5 nitrogen and oxygen atoms in total. The number of amides is 1. The fraction of sp³-hybridized carbons (Fsp3) is 0.500. The largest absolute Gasteiger partial charge is 0.444 e. The zero-order valence-electron chi connectivity index (χ0n) is 12.0. The summed E-state index contributed by atoms with van der Waals surface area (Å²) in [5.41, 5.74) is -0.363. The molecule has 1 heterocycles. The smallest absolute Gasteiger partial charge is 0.408 e. The molecule has 1 aromatic heterocycles.